The molecule has 11 heteroatoms. The Bertz CT molecular complexity index is 1630. The van der Waals surface area contributed by atoms with Gasteiger partial charge in [0.15, 0.2) is 6.29 Å². The highest BCUT2D eigenvalue weighted by Gasteiger charge is 2.33. The van der Waals surface area contributed by atoms with E-state index < -0.39 is 18.2 Å². The summed E-state index contributed by atoms with van der Waals surface area (Å²) in [5.74, 6) is 0.985. The van der Waals surface area contributed by atoms with Crippen LogP contribution in [0.25, 0.3) is 0 Å². The van der Waals surface area contributed by atoms with Gasteiger partial charge >= 0.3 is 6.09 Å². The zero-order valence-corrected chi connectivity index (χ0v) is 36.7. The summed E-state index contributed by atoms with van der Waals surface area (Å²) in [4.78, 5) is 28.5. The van der Waals surface area contributed by atoms with Crippen molar-refractivity contribution in [2.75, 3.05) is 31.6 Å². The van der Waals surface area contributed by atoms with E-state index in [0.717, 1.165) is 68.1 Å². The van der Waals surface area contributed by atoms with Crippen molar-refractivity contribution in [2.45, 2.75) is 115 Å². The van der Waals surface area contributed by atoms with Crippen molar-refractivity contribution in [2.24, 2.45) is 11.8 Å². The van der Waals surface area contributed by atoms with Gasteiger partial charge in [-0.25, -0.2) is 14.0 Å². The van der Waals surface area contributed by atoms with E-state index >= 15 is 0 Å². The molecule has 2 heterocycles. The Kier molecular flexibility index (Phi) is 26.4. The van der Waals surface area contributed by atoms with Crippen LogP contribution in [0.15, 0.2) is 132 Å². The molecular formula is C49H68FN3O6S. The molecule has 9 nitrogen and oxygen atoms in total. The molecule has 2 aromatic rings. The van der Waals surface area contributed by atoms with E-state index in [-0.39, 0.29) is 18.7 Å². The molecule has 2 unspecified atom stereocenters. The second-order valence-electron chi connectivity index (χ2n) is 15.2. The lowest BCUT2D eigenvalue weighted by Gasteiger charge is -2.30. The van der Waals surface area contributed by atoms with Crippen LogP contribution >= 0.6 is 11.9 Å². The SMILES string of the molecule is C1CC2CCOC2O1.CC/C=C\C/C=C\C/C=C\C/C=C\C/C=C\C/C=C\CCC(=O)Nc1ccc(SN(CC(C)C)CC(O)C(Cc2ccccc2)NC(=O)OF)cc1. The number of hydrogen-bond donors (Lipinski definition) is 3. The third-order valence-corrected chi connectivity index (χ3v) is 10.6. The molecule has 2 fully saturated rings. The number of carbonyl (C=O) groups is 2. The summed E-state index contributed by atoms with van der Waals surface area (Å²) in [7, 11) is 0. The third kappa shape index (κ3) is 22.9. The smallest absolute Gasteiger partial charge is 0.390 e. The van der Waals surface area contributed by atoms with Crippen molar-refractivity contribution in [1.82, 2.24) is 9.62 Å². The van der Waals surface area contributed by atoms with E-state index in [2.05, 4.69) is 103 Å². The van der Waals surface area contributed by atoms with Crippen molar-refractivity contribution in [3.63, 3.8) is 0 Å². The van der Waals surface area contributed by atoms with Crippen LogP contribution in [-0.2, 0) is 25.6 Å². The summed E-state index contributed by atoms with van der Waals surface area (Å²) in [6.45, 7) is 9.02. The van der Waals surface area contributed by atoms with Gasteiger partial charge in [-0.3, -0.25) is 4.79 Å². The first-order valence-corrected chi connectivity index (χ1v) is 22.3. The Morgan fingerprint density at radius 2 is 1.37 bits per heavy atom. The maximum Gasteiger partial charge on any atom is 0.445 e. The number of fused-ring (bicyclic) bond motifs is 1. The van der Waals surface area contributed by atoms with Gasteiger partial charge in [-0.15, -0.1) is 0 Å². The lowest BCUT2D eigenvalue weighted by atomic mass is 10.0. The molecule has 0 aliphatic carbocycles. The molecule has 2 saturated heterocycles. The second kappa shape index (κ2) is 31.6. The largest absolute Gasteiger partial charge is 0.445 e. The maximum atomic E-state index is 12.6. The number of nitrogens with zero attached hydrogens (tertiary/aromatic N) is 1. The Balaban J connectivity index is 0.00000105. The molecule has 0 saturated carbocycles. The molecular weight excluding hydrogens is 778 g/mol. The first-order chi connectivity index (χ1) is 29.3. The number of anilines is 1. The number of ether oxygens (including phenoxy) is 2. The van der Waals surface area contributed by atoms with Crippen molar-refractivity contribution >= 4 is 29.6 Å². The minimum atomic E-state index is -1.24. The third-order valence-electron chi connectivity index (χ3n) is 9.53. The highest BCUT2D eigenvalue weighted by molar-refractivity contribution is 7.97. The maximum absolute atomic E-state index is 12.6. The number of halogens is 1. The number of carbonyl (C=O) groups excluding carboxylic acids is 2. The van der Waals surface area contributed by atoms with Gasteiger partial charge in [0.25, 0.3) is 0 Å². The van der Waals surface area contributed by atoms with Gasteiger partial charge in [0, 0.05) is 40.5 Å². The van der Waals surface area contributed by atoms with E-state index in [4.69, 9.17) is 9.47 Å². The molecule has 2 atom stereocenters. The highest BCUT2D eigenvalue weighted by atomic mass is 32.2. The van der Waals surface area contributed by atoms with Crippen LogP contribution in [0.1, 0.15) is 90.5 Å². The fourth-order valence-corrected chi connectivity index (χ4v) is 7.61. The van der Waals surface area contributed by atoms with Crippen LogP contribution in [0, 0.1) is 11.8 Å². The Hall–Kier alpha value is -4.26. The quantitative estimate of drug-likeness (QED) is 0.0670. The van der Waals surface area contributed by atoms with Gasteiger partial charge in [0.1, 0.15) is 0 Å². The van der Waals surface area contributed by atoms with E-state index in [0.29, 0.717) is 37.4 Å². The summed E-state index contributed by atoms with van der Waals surface area (Å²) in [6, 6.07) is 16.2. The van der Waals surface area contributed by atoms with Crippen LogP contribution in [-0.4, -0.2) is 66.2 Å². The average molecular weight is 846 g/mol. The fraction of sp³-hybridized carbons (Fsp3) is 0.469. The standard InChI is InChI=1S/C43H58FN3O4S.C6H10O2/c1-4-5-6-7-8-9-10-11-12-13-14-15-16-17-18-19-20-21-25-28-42(49)45-38-29-31-39(32-30-38)52-47(34-36(2)3)35-41(48)40(46-43(50)51-44)33-37-26-23-22-24-27-37;1-3-7-6-5(1)2-4-8-6/h5-6,8-9,11-12,14-15,17-18,20-24,26-27,29-32,36,40-41,48H,4,7,10,13,16,19,25,28,33-35H2,1-3H3,(H,45,49)(H,46,50);5-6H,1-4H2/b6-5-,9-8-,12-11-,15-14-,18-17-,21-20-;. The van der Waals surface area contributed by atoms with Crippen LogP contribution < -0.4 is 10.6 Å². The fourth-order valence-electron chi connectivity index (χ4n) is 6.45. The van der Waals surface area contributed by atoms with Crippen LogP contribution in [0.5, 0.6) is 0 Å². The first kappa shape index (κ1) is 50.1. The number of amides is 2. The van der Waals surface area contributed by atoms with Crippen molar-refractivity contribution in [1.29, 1.82) is 0 Å². The number of hydrogen-bond acceptors (Lipinski definition) is 8. The van der Waals surface area contributed by atoms with Crippen LogP contribution in [0.3, 0.4) is 0 Å². The normalized spacial score (nSPS) is 17.7. The lowest BCUT2D eigenvalue weighted by Crippen LogP contribution is -2.48. The van der Waals surface area contributed by atoms with Crippen molar-refractivity contribution < 1.29 is 33.6 Å². The Morgan fingerprint density at radius 3 is 1.88 bits per heavy atom. The van der Waals surface area contributed by atoms with Crippen LogP contribution in [0.2, 0.25) is 0 Å². The lowest BCUT2D eigenvalue weighted by molar-refractivity contribution is -0.116. The molecule has 2 aliphatic rings. The number of allylic oxidation sites excluding steroid dienone is 12. The monoisotopic (exact) mass is 845 g/mol. The molecule has 328 valence electrons. The topological polar surface area (TPSA) is 109 Å². The molecule has 3 N–H and O–H groups in total. The molecule has 2 amide bonds. The van der Waals surface area contributed by atoms with Crippen molar-refractivity contribution in [3.8, 4) is 0 Å². The molecule has 0 spiro atoms. The zero-order valence-electron chi connectivity index (χ0n) is 35.8. The van der Waals surface area contributed by atoms with Gasteiger partial charge in [-0.1, -0.05) is 124 Å². The van der Waals surface area contributed by atoms with E-state index in [9.17, 15) is 19.2 Å². The van der Waals surface area contributed by atoms with Gasteiger partial charge < -0.3 is 25.2 Å². The summed E-state index contributed by atoms with van der Waals surface area (Å²) in [5, 5.41) is 16.5. The number of rotatable bonds is 25. The van der Waals surface area contributed by atoms with Gasteiger partial charge in [0.2, 0.25) is 5.91 Å². The van der Waals surface area contributed by atoms with Crippen LogP contribution in [0.4, 0.5) is 15.0 Å². The second-order valence-corrected chi connectivity index (χ2v) is 16.3. The van der Waals surface area contributed by atoms with Crippen molar-refractivity contribution in [3.05, 3.63) is 133 Å². The molecule has 2 aromatic carbocycles. The van der Waals surface area contributed by atoms with E-state index in [1.807, 2.05) is 65.0 Å². The number of nitrogens with one attached hydrogen (secondary N) is 2. The Morgan fingerprint density at radius 1 is 0.817 bits per heavy atom. The van der Waals surface area contributed by atoms with E-state index in [1.54, 1.807) is 0 Å². The minimum Gasteiger partial charge on any atom is -0.390 e. The summed E-state index contributed by atoms with van der Waals surface area (Å²) < 4.78 is 25.1. The molecule has 60 heavy (non-hydrogen) atoms. The zero-order chi connectivity index (χ0) is 43.0. The molecule has 0 radical (unpaired) electrons. The van der Waals surface area contributed by atoms with Gasteiger partial charge in [0.05, 0.1) is 25.4 Å². The highest BCUT2D eigenvalue weighted by Crippen LogP contribution is 2.30. The molecule has 0 bridgehead atoms. The summed E-state index contributed by atoms with van der Waals surface area (Å²) >= 11 is 1.47. The number of aliphatic hydroxyl groups excluding tert-OH is 1. The average Bonchev–Trinajstić information content (AvgIpc) is 3.89. The predicted molar refractivity (Wildman–Crippen MR) is 244 cm³/mol. The summed E-state index contributed by atoms with van der Waals surface area (Å²) in [5.41, 5.74) is 1.60. The summed E-state index contributed by atoms with van der Waals surface area (Å²) in [6.07, 6.45) is 33.5. The predicted octanol–water partition coefficient (Wildman–Crippen LogP) is 11.4. The molecule has 4 rings (SSSR count). The van der Waals surface area contributed by atoms with E-state index in [1.165, 1.54) is 24.8 Å². The number of benzene rings is 2. The number of aliphatic hydroxyl groups is 1. The molecule has 0 aromatic heterocycles. The van der Waals surface area contributed by atoms with Gasteiger partial charge in [-0.05, 0) is 112 Å². The Labute approximate surface area is 362 Å². The first-order valence-electron chi connectivity index (χ1n) is 21.5. The minimum absolute atomic E-state index is 0.0479. The van der Waals surface area contributed by atoms with Gasteiger partial charge in [-0.2, -0.15) is 0 Å². The molecule has 2 aliphatic heterocycles.